The van der Waals surface area contributed by atoms with Crippen molar-refractivity contribution < 1.29 is 4.79 Å². The molecule has 3 nitrogen and oxygen atoms in total. The van der Waals surface area contributed by atoms with Gasteiger partial charge in [0.15, 0.2) is 0 Å². The van der Waals surface area contributed by atoms with Gasteiger partial charge in [-0.2, -0.15) is 5.26 Å². The Morgan fingerprint density at radius 2 is 1.96 bits per heavy atom. The molecule has 3 rings (SSSR count). The van der Waals surface area contributed by atoms with Gasteiger partial charge in [-0.1, -0.05) is 44.2 Å². The van der Waals surface area contributed by atoms with E-state index in [1.54, 1.807) is 6.20 Å². The standard InChI is InChI=1S/C22H22N2O/c1-15-11-21(25)12-17(16(15)2)7-9-20-10-8-19(14-24-20)22-6-4-3-5-18(22)13-23/h3-10,14-17H,11-12H2,1-2H3/b9-7+/t15-,16+,17+/m0/s1. The fourth-order valence-electron chi connectivity index (χ4n) is 3.46. The zero-order valence-electron chi connectivity index (χ0n) is 14.6. The largest absolute Gasteiger partial charge is 0.300 e. The van der Waals surface area contributed by atoms with Gasteiger partial charge in [0.1, 0.15) is 5.78 Å². The molecule has 25 heavy (non-hydrogen) atoms. The molecule has 1 aromatic carbocycles. The maximum Gasteiger partial charge on any atom is 0.133 e. The van der Waals surface area contributed by atoms with Crippen molar-refractivity contribution in [2.24, 2.45) is 17.8 Å². The van der Waals surface area contributed by atoms with Gasteiger partial charge in [0.05, 0.1) is 17.3 Å². The smallest absolute Gasteiger partial charge is 0.133 e. The predicted molar refractivity (Wildman–Crippen MR) is 99.5 cm³/mol. The molecule has 2 aromatic rings. The van der Waals surface area contributed by atoms with E-state index in [0.717, 1.165) is 16.8 Å². The van der Waals surface area contributed by atoms with E-state index >= 15 is 0 Å². The van der Waals surface area contributed by atoms with Crippen molar-refractivity contribution in [2.45, 2.75) is 26.7 Å². The Morgan fingerprint density at radius 1 is 1.16 bits per heavy atom. The number of allylic oxidation sites excluding steroid dienone is 1. The molecule has 0 bridgehead atoms. The number of Topliss-reactive ketones (excluding diaryl/α,β-unsaturated/α-hetero) is 1. The molecule has 0 radical (unpaired) electrons. The van der Waals surface area contributed by atoms with Gasteiger partial charge in [-0.15, -0.1) is 0 Å². The van der Waals surface area contributed by atoms with Gasteiger partial charge in [0.25, 0.3) is 0 Å². The van der Waals surface area contributed by atoms with E-state index in [9.17, 15) is 10.1 Å². The average Bonchev–Trinajstić information content (AvgIpc) is 2.64. The normalized spacial score (nSPS) is 23.6. The van der Waals surface area contributed by atoms with Gasteiger partial charge in [0.2, 0.25) is 0 Å². The maximum absolute atomic E-state index is 11.8. The second-order valence-corrected chi connectivity index (χ2v) is 6.94. The quantitative estimate of drug-likeness (QED) is 0.805. The fraction of sp³-hybridized carbons (Fsp3) is 0.318. The third-order valence-electron chi connectivity index (χ3n) is 5.24. The second kappa shape index (κ2) is 7.44. The van der Waals surface area contributed by atoms with Crippen LogP contribution in [0, 0.1) is 29.1 Å². The monoisotopic (exact) mass is 330 g/mol. The summed E-state index contributed by atoms with van der Waals surface area (Å²) in [5, 5.41) is 9.22. The number of benzene rings is 1. The Balaban J connectivity index is 1.77. The highest BCUT2D eigenvalue weighted by atomic mass is 16.1. The predicted octanol–water partition coefficient (Wildman–Crippen LogP) is 4.88. The number of rotatable bonds is 3. The van der Waals surface area contributed by atoms with Crippen LogP contribution in [0.5, 0.6) is 0 Å². The van der Waals surface area contributed by atoms with Crippen LogP contribution in [0.4, 0.5) is 0 Å². The van der Waals surface area contributed by atoms with Gasteiger partial charge in [-0.05, 0) is 36.0 Å². The molecular weight excluding hydrogens is 308 g/mol. The van der Waals surface area contributed by atoms with Gasteiger partial charge in [-0.3, -0.25) is 9.78 Å². The SMILES string of the molecule is C[C@H]1[C@H](/C=C/c2ccc(-c3ccccc3C#N)cn2)CC(=O)C[C@@H]1C. The number of nitriles is 1. The van der Waals surface area contributed by atoms with Gasteiger partial charge < -0.3 is 0 Å². The first-order valence-corrected chi connectivity index (χ1v) is 8.74. The molecule has 3 atom stereocenters. The summed E-state index contributed by atoms with van der Waals surface area (Å²) in [4.78, 5) is 16.3. The molecule has 0 aliphatic heterocycles. The molecule has 0 spiro atoms. The first-order chi connectivity index (χ1) is 12.1. The lowest BCUT2D eigenvalue weighted by atomic mass is 9.73. The van der Waals surface area contributed by atoms with E-state index < -0.39 is 0 Å². The third-order valence-corrected chi connectivity index (χ3v) is 5.24. The lowest BCUT2D eigenvalue weighted by Gasteiger charge is -2.31. The molecule has 0 N–H and O–H groups in total. The summed E-state index contributed by atoms with van der Waals surface area (Å²) in [6.07, 6.45) is 7.27. The number of aromatic nitrogens is 1. The number of carbonyl (C=O) groups excluding carboxylic acids is 1. The Bertz CT molecular complexity index is 830. The summed E-state index contributed by atoms with van der Waals surface area (Å²) in [6.45, 7) is 4.38. The van der Waals surface area contributed by atoms with Crippen LogP contribution in [0.1, 0.15) is 37.9 Å². The molecule has 1 aromatic heterocycles. The number of carbonyl (C=O) groups is 1. The van der Waals surface area contributed by atoms with Crippen LogP contribution in [0.25, 0.3) is 17.2 Å². The van der Waals surface area contributed by atoms with Crippen LogP contribution in [-0.2, 0) is 4.79 Å². The van der Waals surface area contributed by atoms with E-state index in [1.807, 2.05) is 42.5 Å². The van der Waals surface area contributed by atoms with Crippen molar-refractivity contribution in [1.82, 2.24) is 4.98 Å². The Kier molecular flexibility index (Phi) is 5.09. The van der Waals surface area contributed by atoms with Gasteiger partial charge >= 0.3 is 0 Å². The molecule has 1 aliphatic carbocycles. The van der Waals surface area contributed by atoms with E-state index in [2.05, 4.69) is 31.0 Å². The zero-order valence-corrected chi connectivity index (χ0v) is 14.6. The molecule has 126 valence electrons. The molecule has 0 unspecified atom stereocenters. The third kappa shape index (κ3) is 3.85. The maximum atomic E-state index is 11.8. The minimum absolute atomic E-state index is 0.289. The first-order valence-electron chi connectivity index (χ1n) is 8.74. The summed E-state index contributed by atoms with van der Waals surface area (Å²) in [5.41, 5.74) is 3.35. The topological polar surface area (TPSA) is 53.8 Å². The van der Waals surface area contributed by atoms with E-state index in [1.165, 1.54) is 0 Å². The number of nitrogens with zero attached hydrogens (tertiary/aromatic N) is 2. The summed E-state index contributed by atoms with van der Waals surface area (Å²) in [6, 6.07) is 13.7. The van der Waals surface area contributed by atoms with E-state index in [0.29, 0.717) is 36.0 Å². The van der Waals surface area contributed by atoms with E-state index in [-0.39, 0.29) is 5.92 Å². The van der Waals surface area contributed by atoms with Crippen molar-refractivity contribution >= 4 is 11.9 Å². The highest BCUT2D eigenvalue weighted by molar-refractivity contribution is 5.80. The number of hydrogen-bond acceptors (Lipinski definition) is 3. The summed E-state index contributed by atoms with van der Waals surface area (Å²) in [5.74, 6) is 1.60. The first kappa shape index (κ1) is 17.1. The minimum Gasteiger partial charge on any atom is -0.300 e. The van der Waals surface area contributed by atoms with Gasteiger partial charge in [-0.25, -0.2) is 0 Å². The van der Waals surface area contributed by atoms with Crippen molar-refractivity contribution in [3.05, 3.63) is 59.9 Å². The molecule has 3 heteroatoms. The number of hydrogen-bond donors (Lipinski definition) is 0. The molecule has 1 saturated carbocycles. The van der Waals surface area contributed by atoms with Crippen LogP contribution < -0.4 is 0 Å². The molecular formula is C22H22N2O. The fourth-order valence-corrected chi connectivity index (χ4v) is 3.46. The average molecular weight is 330 g/mol. The molecule has 1 fully saturated rings. The summed E-state index contributed by atoms with van der Waals surface area (Å²) < 4.78 is 0. The number of ketones is 1. The van der Waals surface area contributed by atoms with Crippen molar-refractivity contribution in [3.8, 4) is 17.2 Å². The van der Waals surface area contributed by atoms with E-state index in [4.69, 9.17) is 0 Å². The zero-order chi connectivity index (χ0) is 17.8. The Morgan fingerprint density at radius 3 is 2.68 bits per heavy atom. The lowest BCUT2D eigenvalue weighted by molar-refractivity contribution is -0.123. The molecule has 1 heterocycles. The van der Waals surface area contributed by atoms with Gasteiger partial charge in [0, 0.05) is 30.2 Å². The molecule has 0 amide bonds. The molecule has 1 aliphatic rings. The lowest BCUT2D eigenvalue weighted by Crippen LogP contribution is -2.28. The summed E-state index contributed by atoms with van der Waals surface area (Å²) >= 11 is 0. The van der Waals surface area contributed by atoms with Crippen molar-refractivity contribution in [1.29, 1.82) is 5.26 Å². The van der Waals surface area contributed by atoms with Crippen LogP contribution >= 0.6 is 0 Å². The Labute approximate surface area is 149 Å². The number of pyridine rings is 1. The minimum atomic E-state index is 0.289. The van der Waals surface area contributed by atoms with Crippen LogP contribution in [0.2, 0.25) is 0 Å². The second-order valence-electron chi connectivity index (χ2n) is 6.94. The van der Waals surface area contributed by atoms with Crippen molar-refractivity contribution in [2.75, 3.05) is 0 Å². The summed E-state index contributed by atoms with van der Waals surface area (Å²) in [7, 11) is 0. The Hall–Kier alpha value is -2.73. The highest BCUT2D eigenvalue weighted by Crippen LogP contribution is 2.33. The highest BCUT2D eigenvalue weighted by Gasteiger charge is 2.29. The van der Waals surface area contributed by atoms with Crippen LogP contribution in [0.15, 0.2) is 48.7 Å². The van der Waals surface area contributed by atoms with Crippen LogP contribution in [-0.4, -0.2) is 10.8 Å². The molecule has 0 saturated heterocycles. The van der Waals surface area contributed by atoms with Crippen LogP contribution in [0.3, 0.4) is 0 Å². The van der Waals surface area contributed by atoms with Crippen molar-refractivity contribution in [3.63, 3.8) is 0 Å².